The van der Waals surface area contributed by atoms with Crippen LogP contribution < -0.4 is 5.32 Å². The Balaban J connectivity index is 2.24. The molecule has 21 heavy (non-hydrogen) atoms. The van der Waals surface area contributed by atoms with Gasteiger partial charge in [-0.1, -0.05) is 6.92 Å². The Morgan fingerprint density at radius 2 is 2.05 bits per heavy atom. The molecule has 1 fully saturated rings. The number of hydrogen-bond donors (Lipinski definition) is 2. The highest BCUT2D eigenvalue weighted by Crippen LogP contribution is 2.17. The van der Waals surface area contributed by atoms with Gasteiger partial charge >= 0.3 is 5.97 Å². The second-order valence-electron chi connectivity index (χ2n) is 5.92. The first-order chi connectivity index (χ1) is 9.90. The summed E-state index contributed by atoms with van der Waals surface area (Å²) in [5, 5.41) is 11.5. The number of likely N-dealkylation sites (tertiary alicyclic amines) is 1. The fourth-order valence-corrected chi connectivity index (χ4v) is 2.58. The number of amides is 2. The van der Waals surface area contributed by atoms with Crippen LogP contribution in [0.15, 0.2) is 0 Å². The molecule has 6 nitrogen and oxygen atoms in total. The summed E-state index contributed by atoms with van der Waals surface area (Å²) in [7, 11) is 0. The monoisotopic (exact) mass is 298 g/mol. The summed E-state index contributed by atoms with van der Waals surface area (Å²) in [6.45, 7) is 5.34. The van der Waals surface area contributed by atoms with Gasteiger partial charge in [-0.2, -0.15) is 0 Å². The Kier molecular flexibility index (Phi) is 7.19. The fourth-order valence-electron chi connectivity index (χ4n) is 2.58. The Labute approximate surface area is 125 Å². The number of rotatable bonds is 7. The van der Waals surface area contributed by atoms with Crippen molar-refractivity contribution in [2.75, 3.05) is 19.6 Å². The standard InChI is InChI=1S/C15H26N2O4/c1-11(5-6-14(19)20)7-8-16-15(21)13-4-3-9-17(10-13)12(2)18/h11,13H,3-10H2,1-2H3,(H,16,21)(H,19,20). The summed E-state index contributed by atoms with van der Waals surface area (Å²) in [6, 6.07) is 0. The maximum absolute atomic E-state index is 12.1. The molecule has 2 N–H and O–H groups in total. The minimum Gasteiger partial charge on any atom is -0.481 e. The first-order valence-electron chi connectivity index (χ1n) is 7.65. The van der Waals surface area contributed by atoms with Gasteiger partial charge in [0.1, 0.15) is 0 Å². The van der Waals surface area contributed by atoms with Gasteiger partial charge in [0.15, 0.2) is 0 Å². The first-order valence-corrected chi connectivity index (χ1v) is 7.65. The van der Waals surface area contributed by atoms with Crippen LogP contribution in [0.25, 0.3) is 0 Å². The van der Waals surface area contributed by atoms with Crippen molar-refractivity contribution in [2.45, 2.75) is 46.0 Å². The molecule has 0 radical (unpaired) electrons. The second kappa shape index (κ2) is 8.64. The normalized spacial score (nSPS) is 19.9. The lowest BCUT2D eigenvalue weighted by atomic mass is 9.96. The van der Waals surface area contributed by atoms with Crippen molar-refractivity contribution in [1.29, 1.82) is 0 Å². The number of carbonyl (C=O) groups excluding carboxylic acids is 2. The molecule has 1 aliphatic rings. The number of nitrogens with zero attached hydrogens (tertiary/aromatic N) is 1. The highest BCUT2D eigenvalue weighted by Gasteiger charge is 2.26. The number of aliphatic carboxylic acids is 1. The van der Waals surface area contributed by atoms with Crippen molar-refractivity contribution >= 4 is 17.8 Å². The van der Waals surface area contributed by atoms with Crippen LogP contribution in [-0.4, -0.2) is 47.4 Å². The molecule has 0 aromatic carbocycles. The van der Waals surface area contributed by atoms with Crippen molar-refractivity contribution in [1.82, 2.24) is 10.2 Å². The van der Waals surface area contributed by atoms with Crippen molar-refractivity contribution in [2.24, 2.45) is 11.8 Å². The van der Waals surface area contributed by atoms with Gasteiger partial charge in [-0.05, 0) is 31.6 Å². The molecule has 1 heterocycles. The van der Waals surface area contributed by atoms with Gasteiger partial charge in [0, 0.05) is 33.0 Å². The average Bonchev–Trinajstić information content (AvgIpc) is 2.45. The minimum atomic E-state index is -0.780. The molecule has 0 spiro atoms. The first kappa shape index (κ1) is 17.5. The summed E-state index contributed by atoms with van der Waals surface area (Å²) in [4.78, 5) is 35.6. The molecule has 0 saturated carbocycles. The molecule has 1 aliphatic heterocycles. The van der Waals surface area contributed by atoms with E-state index in [1.807, 2.05) is 6.92 Å². The van der Waals surface area contributed by atoms with E-state index < -0.39 is 5.97 Å². The summed E-state index contributed by atoms with van der Waals surface area (Å²) in [5.41, 5.74) is 0. The Morgan fingerprint density at radius 3 is 2.67 bits per heavy atom. The third kappa shape index (κ3) is 6.60. The molecule has 1 saturated heterocycles. The van der Waals surface area contributed by atoms with Crippen LogP contribution in [0.2, 0.25) is 0 Å². The lowest BCUT2D eigenvalue weighted by Gasteiger charge is -2.31. The maximum Gasteiger partial charge on any atom is 0.303 e. The van der Waals surface area contributed by atoms with E-state index in [0.29, 0.717) is 19.5 Å². The number of piperidine rings is 1. The lowest BCUT2D eigenvalue weighted by molar-refractivity contribution is -0.137. The quantitative estimate of drug-likeness (QED) is 0.740. The second-order valence-corrected chi connectivity index (χ2v) is 5.92. The predicted molar refractivity (Wildman–Crippen MR) is 78.6 cm³/mol. The van der Waals surface area contributed by atoms with Gasteiger partial charge in [0.25, 0.3) is 0 Å². The molecule has 0 aromatic rings. The third-order valence-corrected chi connectivity index (χ3v) is 4.02. The van der Waals surface area contributed by atoms with Gasteiger partial charge in [0.05, 0.1) is 5.92 Å². The van der Waals surface area contributed by atoms with Gasteiger partial charge in [-0.25, -0.2) is 0 Å². The van der Waals surface area contributed by atoms with Crippen LogP contribution in [0.1, 0.15) is 46.0 Å². The van der Waals surface area contributed by atoms with E-state index in [1.54, 1.807) is 4.90 Å². The van der Waals surface area contributed by atoms with Crippen LogP contribution in [0.3, 0.4) is 0 Å². The molecule has 2 amide bonds. The number of carbonyl (C=O) groups is 3. The largest absolute Gasteiger partial charge is 0.481 e. The van der Waals surface area contributed by atoms with Gasteiger partial charge < -0.3 is 15.3 Å². The molecule has 0 aliphatic carbocycles. The van der Waals surface area contributed by atoms with Crippen LogP contribution in [0.5, 0.6) is 0 Å². The number of nitrogens with one attached hydrogen (secondary N) is 1. The molecule has 0 aromatic heterocycles. The molecule has 120 valence electrons. The van der Waals surface area contributed by atoms with Crippen molar-refractivity contribution in [3.63, 3.8) is 0 Å². The number of carboxylic acids is 1. The Morgan fingerprint density at radius 1 is 1.33 bits per heavy atom. The van der Waals surface area contributed by atoms with Gasteiger partial charge in [0.2, 0.25) is 11.8 Å². The molecular formula is C15H26N2O4. The number of carboxylic acid groups (broad SMARTS) is 1. The molecule has 1 rings (SSSR count). The maximum atomic E-state index is 12.1. The van der Waals surface area contributed by atoms with Crippen molar-refractivity contribution < 1.29 is 19.5 Å². The summed E-state index contributed by atoms with van der Waals surface area (Å²) in [6.07, 6.45) is 3.27. The molecule has 0 bridgehead atoms. The van der Waals surface area contributed by atoms with E-state index in [-0.39, 0.29) is 30.1 Å². The highest BCUT2D eigenvalue weighted by atomic mass is 16.4. The predicted octanol–water partition coefficient (Wildman–Crippen LogP) is 1.25. The third-order valence-electron chi connectivity index (χ3n) is 4.02. The van der Waals surface area contributed by atoms with Crippen molar-refractivity contribution in [3.8, 4) is 0 Å². The SMILES string of the molecule is CC(=O)N1CCCC(C(=O)NCCC(C)CCC(=O)O)C1. The van der Waals surface area contributed by atoms with Crippen LogP contribution in [-0.2, 0) is 14.4 Å². The van der Waals surface area contributed by atoms with Crippen LogP contribution in [0, 0.1) is 11.8 Å². The fraction of sp³-hybridized carbons (Fsp3) is 0.800. The van der Waals surface area contributed by atoms with E-state index >= 15 is 0 Å². The van der Waals surface area contributed by atoms with Gasteiger partial charge in [-0.15, -0.1) is 0 Å². The lowest BCUT2D eigenvalue weighted by Crippen LogP contribution is -2.45. The van der Waals surface area contributed by atoms with E-state index in [1.165, 1.54) is 6.92 Å². The van der Waals surface area contributed by atoms with E-state index in [4.69, 9.17) is 5.11 Å². The van der Waals surface area contributed by atoms with E-state index in [2.05, 4.69) is 5.32 Å². The molecule has 2 unspecified atom stereocenters. The van der Waals surface area contributed by atoms with Gasteiger partial charge in [-0.3, -0.25) is 14.4 Å². The molecule has 6 heteroatoms. The Bertz CT molecular complexity index is 384. The van der Waals surface area contributed by atoms with Crippen molar-refractivity contribution in [3.05, 3.63) is 0 Å². The smallest absolute Gasteiger partial charge is 0.303 e. The summed E-state index contributed by atoms with van der Waals surface area (Å²) in [5.74, 6) is -0.586. The Hall–Kier alpha value is -1.59. The molecular weight excluding hydrogens is 272 g/mol. The molecule has 2 atom stereocenters. The number of hydrogen-bond acceptors (Lipinski definition) is 3. The topological polar surface area (TPSA) is 86.7 Å². The zero-order chi connectivity index (χ0) is 15.8. The van der Waals surface area contributed by atoms with Crippen LogP contribution >= 0.6 is 0 Å². The summed E-state index contributed by atoms with van der Waals surface area (Å²) >= 11 is 0. The summed E-state index contributed by atoms with van der Waals surface area (Å²) < 4.78 is 0. The van der Waals surface area contributed by atoms with Crippen LogP contribution in [0.4, 0.5) is 0 Å². The zero-order valence-electron chi connectivity index (χ0n) is 12.9. The average molecular weight is 298 g/mol. The zero-order valence-corrected chi connectivity index (χ0v) is 12.9. The minimum absolute atomic E-state index is 0.00591. The van der Waals surface area contributed by atoms with E-state index in [9.17, 15) is 14.4 Å². The van der Waals surface area contributed by atoms with E-state index in [0.717, 1.165) is 25.8 Å². The highest BCUT2D eigenvalue weighted by molar-refractivity contribution is 5.80.